The number of fused-ring (bicyclic) bond motifs is 1. The van der Waals surface area contributed by atoms with Crippen LogP contribution in [0.1, 0.15) is 16.1 Å². The third-order valence-electron chi connectivity index (χ3n) is 3.16. The van der Waals surface area contributed by atoms with E-state index in [9.17, 15) is 4.79 Å². The summed E-state index contributed by atoms with van der Waals surface area (Å²) >= 11 is 6.09. The monoisotopic (exact) mass is 284 g/mol. The van der Waals surface area contributed by atoms with Gasteiger partial charge in [-0.2, -0.15) is 0 Å². The van der Waals surface area contributed by atoms with Crippen LogP contribution in [-0.4, -0.2) is 10.9 Å². The first-order valence-electron chi connectivity index (χ1n) is 6.29. The van der Waals surface area contributed by atoms with Gasteiger partial charge in [-0.15, -0.1) is 0 Å². The van der Waals surface area contributed by atoms with Gasteiger partial charge in [0.2, 0.25) is 0 Å². The van der Waals surface area contributed by atoms with Gasteiger partial charge in [0, 0.05) is 11.1 Å². The predicted molar refractivity (Wildman–Crippen MR) is 82.4 cm³/mol. The first-order valence-corrected chi connectivity index (χ1v) is 6.66. The number of carbonyl (C=O) groups excluding carboxylic acids is 1. The molecular formula is C16H13ClN2O. The normalized spacial score (nSPS) is 10.7. The van der Waals surface area contributed by atoms with Crippen molar-refractivity contribution in [3.63, 3.8) is 0 Å². The van der Waals surface area contributed by atoms with Gasteiger partial charge in [0.15, 0.2) is 0 Å². The Bertz CT molecular complexity index is 775. The fourth-order valence-corrected chi connectivity index (χ4v) is 2.31. The van der Waals surface area contributed by atoms with Gasteiger partial charge in [0.1, 0.15) is 5.69 Å². The van der Waals surface area contributed by atoms with Crippen LogP contribution in [0, 0.1) is 6.92 Å². The van der Waals surface area contributed by atoms with E-state index in [0.717, 1.165) is 22.2 Å². The third kappa shape index (κ3) is 2.40. The number of rotatable bonds is 2. The fraction of sp³-hybridized carbons (Fsp3) is 0.0625. The molecule has 1 aromatic heterocycles. The van der Waals surface area contributed by atoms with Gasteiger partial charge in [-0.05, 0) is 31.2 Å². The molecule has 2 N–H and O–H groups in total. The lowest BCUT2D eigenvalue weighted by molar-refractivity contribution is 0.102. The standard InChI is InChI=1S/C16H13ClN2O/c1-10-5-7-12(8-6-10)18-16(20)14-9-11-3-2-4-13(17)15(11)19-14/h2-9,19H,1H3,(H,18,20). The molecule has 0 atom stereocenters. The second-order valence-electron chi connectivity index (χ2n) is 4.71. The molecule has 0 aliphatic carbocycles. The lowest BCUT2D eigenvalue weighted by atomic mass is 10.2. The zero-order valence-corrected chi connectivity index (χ0v) is 11.7. The van der Waals surface area contributed by atoms with Gasteiger partial charge in [0.25, 0.3) is 5.91 Å². The average Bonchev–Trinajstić information content (AvgIpc) is 2.87. The van der Waals surface area contributed by atoms with Crippen LogP contribution in [0.4, 0.5) is 5.69 Å². The molecule has 3 nitrogen and oxygen atoms in total. The Balaban J connectivity index is 1.89. The van der Waals surface area contributed by atoms with E-state index in [1.165, 1.54) is 0 Å². The Morgan fingerprint density at radius 2 is 1.90 bits per heavy atom. The number of carbonyl (C=O) groups is 1. The molecule has 3 rings (SSSR count). The summed E-state index contributed by atoms with van der Waals surface area (Å²) < 4.78 is 0. The highest BCUT2D eigenvalue weighted by atomic mass is 35.5. The maximum atomic E-state index is 12.2. The number of hydrogen-bond donors (Lipinski definition) is 2. The minimum atomic E-state index is -0.180. The number of nitrogens with one attached hydrogen (secondary N) is 2. The highest BCUT2D eigenvalue weighted by molar-refractivity contribution is 6.35. The molecular weight excluding hydrogens is 272 g/mol. The van der Waals surface area contributed by atoms with Crippen molar-refractivity contribution in [2.75, 3.05) is 5.32 Å². The number of halogens is 1. The van der Waals surface area contributed by atoms with Crippen LogP contribution in [0.2, 0.25) is 5.02 Å². The molecule has 0 radical (unpaired) electrons. The van der Waals surface area contributed by atoms with E-state index in [-0.39, 0.29) is 5.91 Å². The first-order chi connectivity index (χ1) is 9.63. The Hall–Kier alpha value is -2.26. The zero-order chi connectivity index (χ0) is 14.1. The second kappa shape index (κ2) is 5.02. The van der Waals surface area contributed by atoms with Crippen LogP contribution in [0.15, 0.2) is 48.5 Å². The molecule has 0 aliphatic rings. The van der Waals surface area contributed by atoms with Gasteiger partial charge >= 0.3 is 0 Å². The number of hydrogen-bond acceptors (Lipinski definition) is 1. The minimum absolute atomic E-state index is 0.180. The van der Waals surface area contributed by atoms with E-state index < -0.39 is 0 Å². The number of benzene rings is 2. The molecule has 0 fully saturated rings. The zero-order valence-electron chi connectivity index (χ0n) is 10.9. The summed E-state index contributed by atoms with van der Waals surface area (Å²) in [5, 5.41) is 4.38. The molecule has 100 valence electrons. The Morgan fingerprint density at radius 3 is 2.60 bits per heavy atom. The average molecular weight is 285 g/mol. The van der Waals surface area contributed by atoms with Gasteiger partial charge < -0.3 is 10.3 Å². The maximum absolute atomic E-state index is 12.2. The first kappa shape index (κ1) is 12.8. The highest BCUT2D eigenvalue weighted by Crippen LogP contribution is 2.23. The fourth-order valence-electron chi connectivity index (χ4n) is 2.08. The molecule has 0 saturated heterocycles. The number of aromatic nitrogens is 1. The van der Waals surface area contributed by atoms with Crippen LogP contribution in [0.25, 0.3) is 10.9 Å². The lowest BCUT2D eigenvalue weighted by Crippen LogP contribution is -2.12. The van der Waals surface area contributed by atoms with Crippen LogP contribution in [0.3, 0.4) is 0 Å². The van der Waals surface area contributed by atoms with Crippen molar-refractivity contribution in [1.82, 2.24) is 4.98 Å². The van der Waals surface area contributed by atoms with Crippen molar-refractivity contribution in [2.24, 2.45) is 0 Å². The minimum Gasteiger partial charge on any atom is -0.349 e. The molecule has 0 aliphatic heterocycles. The summed E-state index contributed by atoms with van der Waals surface area (Å²) in [5.74, 6) is -0.180. The quantitative estimate of drug-likeness (QED) is 0.720. The summed E-state index contributed by atoms with van der Waals surface area (Å²) in [6.07, 6.45) is 0. The number of H-pyrrole nitrogens is 1. The van der Waals surface area contributed by atoms with Crippen molar-refractivity contribution in [1.29, 1.82) is 0 Å². The van der Waals surface area contributed by atoms with Crippen molar-refractivity contribution in [2.45, 2.75) is 6.92 Å². The third-order valence-corrected chi connectivity index (χ3v) is 3.47. The summed E-state index contributed by atoms with van der Waals surface area (Å²) in [4.78, 5) is 15.2. The number of aromatic amines is 1. The molecule has 1 amide bonds. The highest BCUT2D eigenvalue weighted by Gasteiger charge is 2.11. The molecule has 0 spiro atoms. The Kier molecular flexibility index (Phi) is 3.20. The van der Waals surface area contributed by atoms with E-state index in [4.69, 9.17) is 11.6 Å². The molecule has 2 aromatic carbocycles. The largest absolute Gasteiger partial charge is 0.349 e. The second-order valence-corrected chi connectivity index (χ2v) is 5.11. The molecule has 3 aromatic rings. The summed E-state index contributed by atoms with van der Waals surface area (Å²) in [6, 6.07) is 15.0. The Morgan fingerprint density at radius 1 is 1.15 bits per heavy atom. The summed E-state index contributed by atoms with van der Waals surface area (Å²) in [7, 11) is 0. The topological polar surface area (TPSA) is 44.9 Å². The van der Waals surface area contributed by atoms with Crippen LogP contribution >= 0.6 is 11.6 Å². The van der Waals surface area contributed by atoms with E-state index in [1.807, 2.05) is 43.3 Å². The molecule has 4 heteroatoms. The molecule has 20 heavy (non-hydrogen) atoms. The van der Waals surface area contributed by atoms with Gasteiger partial charge in [0.05, 0.1) is 10.5 Å². The SMILES string of the molecule is Cc1ccc(NC(=O)c2cc3cccc(Cl)c3[nH]2)cc1. The van der Waals surface area contributed by atoms with Crippen LogP contribution < -0.4 is 5.32 Å². The number of anilines is 1. The molecule has 0 saturated carbocycles. The summed E-state index contributed by atoms with van der Waals surface area (Å²) in [5.41, 5.74) is 3.20. The van der Waals surface area contributed by atoms with E-state index in [1.54, 1.807) is 12.1 Å². The van der Waals surface area contributed by atoms with Crippen LogP contribution in [0.5, 0.6) is 0 Å². The smallest absolute Gasteiger partial charge is 0.272 e. The lowest BCUT2D eigenvalue weighted by Gasteiger charge is -2.03. The van der Waals surface area contributed by atoms with Crippen LogP contribution in [-0.2, 0) is 0 Å². The molecule has 0 bridgehead atoms. The summed E-state index contributed by atoms with van der Waals surface area (Å²) in [6.45, 7) is 2.01. The Labute approximate surface area is 121 Å². The number of para-hydroxylation sites is 1. The van der Waals surface area contributed by atoms with Crippen molar-refractivity contribution >= 4 is 34.1 Å². The number of amides is 1. The van der Waals surface area contributed by atoms with Crippen molar-refractivity contribution in [3.8, 4) is 0 Å². The van der Waals surface area contributed by atoms with E-state index >= 15 is 0 Å². The van der Waals surface area contributed by atoms with Crippen molar-refractivity contribution in [3.05, 3.63) is 64.8 Å². The number of aryl methyl sites for hydroxylation is 1. The predicted octanol–water partition coefficient (Wildman–Crippen LogP) is 4.38. The van der Waals surface area contributed by atoms with Gasteiger partial charge in [-0.3, -0.25) is 4.79 Å². The van der Waals surface area contributed by atoms with Gasteiger partial charge in [-0.25, -0.2) is 0 Å². The van der Waals surface area contributed by atoms with E-state index in [0.29, 0.717) is 10.7 Å². The molecule has 0 unspecified atom stereocenters. The molecule has 1 heterocycles. The van der Waals surface area contributed by atoms with Crippen molar-refractivity contribution < 1.29 is 4.79 Å². The maximum Gasteiger partial charge on any atom is 0.272 e. The van der Waals surface area contributed by atoms with Gasteiger partial charge in [-0.1, -0.05) is 41.4 Å². The van der Waals surface area contributed by atoms with E-state index in [2.05, 4.69) is 10.3 Å².